The van der Waals surface area contributed by atoms with Crippen LogP contribution in [0, 0.1) is 6.92 Å². The molecule has 94 valence electrons. The van der Waals surface area contributed by atoms with Gasteiger partial charge in [-0.15, -0.1) is 0 Å². The third-order valence-corrected chi connectivity index (χ3v) is 2.43. The first-order valence-corrected chi connectivity index (χ1v) is 5.55. The minimum atomic E-state index is -0.180. The maximum Gasteiger partial charge on any atom is 0.251 e. The van der Waals surface area contributed by atoms with Crippen LogP contribution in [0.3, 0.4) is 0 Å². The van der Waals surface area contributed by atoms with Gasteiger partial charge >= 0.3 is 0 Å². The largest absolute Gasteiger partial charge is 0.345 e. The van der Waals surface area contributed by atoms with Crippen LogP contribution in [0.15, 0.2) is 28.8 Å². The monoisotopic (exact) mass is 246 g/mol. The first-order chi connectivity index (χ1) is 8.69. The Hall–Kier alpha value is -2.21. The van der Waals surface area contributed by atoms with Gasteiger partial charge < -0.3 is 15.6 Å². The summed E-state index contributed by atoms with van der Waals surface area (Å²) in [6.07, 6.45) is 0. The Labute approximate surface area is 104 Å². The predicted molar refractivity (Wildman–Crippen MR) is 64.5 cm³/mol. The second-order valence-corrected chi connectivity index (χ2v) is 3.81. The van der Waals surface area contributed by atoms with Crippen LogP contribution >= 0.6 is 0 Å². The van der Waals surface area contributed by atoms with E-state index in [0.717, 1.165) is 5.56 Å². The number of aromatic nitrogens is 2. The van der Waals surface area contributed by atoms with Crippen molar-refractivity contribution < 1.29 is 9.32 Å². The van der Waals surface area contributed by atoms with Crippen molar-refractivity contribution >= 4 is 5.91 Å². The van der Waals surface area contributed by atoms with Crippen molar-refractivity contribution in [2.45, 2.75) is 20.0 Å². The summed E-state index contributed by atoms with van der Waals surface area (Å²) in [5.74, 6) is 0.756. The quantitative estimate of drug-likeness (QED) is 0.830. The van der Waals surface area contributed by atoms with Crippen molar-refractivity contribution in [3.8, 4) is 0 Å². The zero-order valence-corrected chi connectivity index (χ0v) is 10.0. The van der Waals surface area contributed by atoms with Gasteiger partial charge in [0.15, 0.2) is 5.82 Å². The van der Waals surface area contributed by atoms with Gasteiger partial charge in [-0.05, 0) is 17.7 Å². The number of aryl methyl sites for hydroxylation is 1. The molecule has 6 nitrogen and oxygen atoms in total. The van der Waals surface area contributed by atoms with E-state index in [1.165, 1.54) is 0 Å². The molecule has 0 spiro atoms. The van der Waals surface area contributed by atoms with Crippen LogP contribution in [-0.2, 0) is 13.1 Å². The molecule has 6 heteroatoms. The van der Waals surface area contributed by atoms with Crippen LogP contribution in [0.1, 0.15) is 27.6 Å². The lowest BCUT2D eigenvalue weighted by atomic mass is 10.1. The van der Waals surface area contributed by atoms with E-state index in [0.29, 0.717) is 23.8 Å². The average Bonchev–Trinajstić information content (AvgIpc) is 2.82. The van der Waals surface area contributed by atoms with Gasteiger partial charge in [-0.2, -0.15) is 4.98 Å². The molecule has 2 rings (SSSR count). The van der Waals surface area contributed by atoms with Gasteiger partial charge in [0.05, 0.1) is 6.54 Å². The number of hydrogen-bond acceptors (Lipinski definition) is 5. The molecular weight excluding hydrogens is 232 g/mol. The van der Waals surface area contributed by atoms with E-state index in [1.54, 1.807) is 19.1 Å². The number of nitrogens with zero attached hydrogens (tertiary/aromatic N) is 2. The van der Waals surface area contributed by atoms with Gasteiger partial charge in [0, 0.05) is 19.0 Å². The Bertz CT molecular complexity index is 533. The average molecular weight is 246 g/mol. The molecule has 2 aromatic rings. The van der Waals surface area contributed by atoms with Crippen LogP contribution in [0.4, 0.5) is 0 Å². The maximum absolute atomic E-state index is 11.8. The molecule has 0 atom stereocenters. The molecule has 18 heavy (non-hydrogen) atoms. The third kappa shape index (κ3) is 2.92. The summed E-state index contributed by atoms with van der Waals surface area (Å²) in [4.78, 5) is 15.8. The minimum absolute atomic E-state index is 0.180. The second-order valence-electron chi connectivity index (χ2n) is 3.81. The topological polar surface area (TPSA) is 94.0 Å². The van der Waals surface area contributed by atoms with Crippen LogP contribution in [-0.4, -0.2) is 16.0 Å². The van der Waals surface area contributed by atoms with E-state index in [9.17, 15) is 4.79 Å². The van der Waals surface area contributed by atoms with Crippen molar-refractivity contribution in [1.82, 2.24) is 15.5 Å². The molecule has 0 bridgehead atoms. The lowest BCUT2D eigenvalue weighted by Gasteiger charge is -2.03. The number of carbonyl (C=O) groups excluding carboxylic acids is 1. The van der Waals surface area contributed by atoms with E-state index in [4.69, 9.17) is 10.3 Å². The fourth-order valence-electron chi connectivity index (χ4n) is 1.47. The standard InChI is InChI=1S/C12H14N4O2/c1-8-15-11(16-18-8)7-14-12(17)10-4-2-9(6-13)3-5-10/h2-5H,6-7,13H2,1H3,(H,14,17). The SMILES string of the molecule is Cc1nc(CNC(=O)c2ccc(CN)cc2)no1. The molecule has 0 aliphatic rings. The number of amides is 1. The molecule has 1 heterocycles. The van der Waals surface area contributed by atoms with E-state index < -0.39 is 0 Å². The fraction of sp³-hybridized carbons (Fsp3) is 0.250. The molecule has 1 aromatic carbocycles. The minimum Gasteiger partial charge on any atom is -0.345 e. The first-order valence-electron chi connectivity index (χ1n) is 5.55. The summed E-state index contributed by atoms with van der Waals surface area (Å²) in [5.41, 5.74) is 7.05. The Morgan fingerprint density at radius 2 is 2.11 bits per heavy atom. The van der Waals surface area contributed by atoms with Gasteiger partial charge in [0.2, 0.25) is 5.89 Å². The van der Waals surface area contributed by atoms with Crippen LogP contribution < -0.4 is 11.1 Å². The maximum atomic E-state index is 11.8. The van der Waals surface area contributed by atoms with Gasteiger partial charge in [-0.1, -0.05) is 17.3 Å². The van der Waals surface area contributed by atoms with Crippen LogP contribution in [0.25, 0.3) is 0 Å². The van der Waals surface area contributed by atoms with Crippen molar-refractivity contribution in [2.24, 2.45) is 5.73 Å². The highest BCUT2D eigenvalue weighted by Crippen LogP contribution is 2.04. The molecule has 1 amide bonds. The number of carbonyl (C=O) groups is 1. The molecule has 0 unspecified atom stereocenters. The van der Waals surface area contributed by atoms with Crippen molar-refractivity contribution in [3.63, 3.8) is 0 Å². The summed E-state index contributed by atoms with van der Waals surface area (Å²) in [7, 11) is 0. The smallest absolute Gasteiger partial charge is 0.251 e. The highest BCUT2D eigenvalue weighted by Gasteiger charge is 2.07. The molecule has 1 aromatic heterocycles. The fourth-order valence-corrected chi connectivity index (χ4v) is 1.47. The Morgan fingerprint density at radius 3 is 2.67 bits per heavy atom. The van der Waals surface area contributed by atoms with Crippen molar-refractivity contribution in [2.75, 3.05) is 0 Å². The Morgan fingerprint density at radius 1 is 1.39 bits per heavy atom. The highest BCUT2D eigenvalue weighted by atomic mass is 16.5. The number of hydrogen-bond donors (Lipinski definition) is 2. The summed E-state index contributed by atoms with van der Waals surface area (Å²) in [6, 6.07) is 7.12. The third-order valence-electron chi connectivity index (χ3n) is 2.43. The van der Waals surface area contributed by atoms with Crippen molar-refractivity contribution in [1.29, 1.82) is 0 Å². The lowest BCUT2D eigenvalue weighted by Crippen LogP contribution is -2.23. The summed E-state index contributed by atoms with van der Waals surface area (Å²) < 4.78 is 4.81. The molecule has 0 radical (unpaired) electrons. The number of benzene rings is 1. The first kappa shape index (κ1) is 12.3. The summed E-state index contributed by atoms with van der Waals surface area (Å²) >= 11 is 0. The molecule has 0 aliphatic carbocycles. The summed E-state index contributed by atoms with van der Waals surface area (Å²) in [5, 5.41) is 6.40. The predicted octanol–water partition coefficient (Wildman–Crippen LogP) is 0.767. The van der Waals surface area contributed by atoms with E-state index in [1.807, 2.05) is 12.1 Å². The number of nitrogens with one attached hydrogen (secondary N) is 1. The lowest BCUT2D eigenvalue weighted by molar-refractivity contribution is 0.0949. The second kappa shape index (κ2) is 5.42. The zero-order valence-electron chi connectivity index (χ0n) is 10.0. The van der Waals surface area contributed by atoms with E-state index in [2.05, 4.69) is 15.5 Å². The van der Waals surface area contributed by atoms with Gasteiger partial charge in [-0.25, -0.2) is 0 Å². The molecule has 0 saturated heterocycles. The Kier molecular flexibility index (Phi) is 3.69. The van der Waals surface area contributed by atoms with Crippen molar-refractivity contribution in [3.05, 3.63) is 47.1 Å². The Balaban J connectivity index is 1.94. The summed E-state index contributed by atoms with van der Waals surface area (Å²) in [6.45, 7) is 2.41. The molecule has 0 saturated carbocycles. The molecule has 0 fully saturated rings. The van der Waals surface area contributed by atoms with Gasteiger partial charge in [0.1, 0.15) is 0 Å². The molecule has 3 N–H and O–H groups in total. The zero-order chi connectivity index (χ0) is 13.0. The molecular formula is C12H14N4O2. The van der Waals surface area contributed by atoms with Gasteiger partial charge in [0.25, 0.3) is 5.91 Å². The normalized spacial score (nSPS) is 10.3. The highest BCUT2D eigenvalue weighted by molar-refractivity contribution is 5.94. The van der Waals surface area contributed by atoms with Gasteiger partial charge in [-0.3, -0.25) is 4.79 Å². The number of nitrogens with two attached hydrogens (primary N) is 1. The van der Waals surface area contributed by atoms with Crippen LogP contribution in [0.2, 0.25) is 0 Å². The van der Waals surface area contributed by atoms with E-state index >= 15 is 0 Å². The van der Waals surface area contributed by atoms with E-state index in [-0.39, 0.29) is 12.5 Å². The number of rotatable bonds is 4. The molecule has 0 aliphatic heterocycles. The van der Waals surface area contributed by atoms with Crippen LogP contribution in [0.5, 0.6) is 0 Å².